The predicted octanol–water partition coefficient (Wildman–Crippen LogP) is 6.49. The number of hydrogen-bond donors (Lipinski definition) is 1. The molecule has 1 unspecified atom stereocenters. The number of halogens is 1. The van der Waals surface area contributed by atoms with Gasteiger partial charge in [-0.25, -0.2) is 9.78 Å². The van der Waals surface area contributed by atoms with Crippen LogP contribution >= 0.6 is 11.6 Å². The fourth-order valence-electron chi connectivity index (χ4n) is 4.06. The van der Waals surface area contributed by atoms with Gasteiger partial charge >= 0.3 is 6.03 Å². The quantitative estimate of drug-likeness (QED) is 0.317. The van der Waals surface area contributed by atoms with Gasteiger partial charge in [-0.1, -0.05) is 63.3 Å². The number of benzene rings is 2. The van der Waals surface area contributed by atoms with Crippen LogP contribution in [-0.4, -0.2) is 33.6 Å². The van der Waals surface area contributed by atoms with E-state index in [4.69, 9.17) is 16.6 Å². The molecule has 6 nitrogen and oxygen atoms in total. The van der Waals surface area contributed by atoms with Crippen LogP contribution in [0.3, 0.4) is 0 Å². The minimum Gasteiger partial charge on any atom is -0.338 e. The molecule has 34 heavy (non-hydrogen) atoms. The number of fused-ring (bicyclic) bond motifs is 1. The molecule has 0 fully saturated rings. The van der Waals surface area contributed by atoms with E-state index in [0.29, 0.717) is 40.5 Å². The second-order valence-electron chi connectivity index (χ2n) is 8.62. The maximum absolute atomic E-state index is 13.6. The molecular formula is C27H35ClN4O2. The van der Waals surface area contributed by atoms with Crippen molar-refractivity contribution >= 4 is 28.5 Å². The van der Waals surface area contributed by atoms with Crippen molar-refractivity contribution in [3.05, 3.63) is 69.7 Å². The number of hydrogen-bond acceptors (Lipinski definition) is 3. The SMILES string of the molecule is CCCCCCN(C(=O)NCCCC)C(C)c1nc2ccccc2c(=O)n1-c1ccc(Cl)cc1. The van der Waals surface area contributed by atoms with Gasteiger partial charge < -0.3 is 10.2 Å². The normalized spacial score (nSPS) is 12.0. The van der Waals surface area contributed by atoms with Crippen LogP contribution in [0.4, 0.5) is 4.79 Å². The molecular weight excluding hydrogens is 448 g/mol. The van der Waals surface area contributed by atoms with Crippen LogP contribution in [0.2, 0.25) is 5.02 Å². The Bertz CT molecular complexity index is 1140. The first-order chi connectivity index (χ1) is 16.5. The second kappa shape index (κ2) is 12.6. The van der Waals surface area contributed by atoms with Gasteiger partial charge in [0.15, 0.2) is 0 Å². The third kappa shape index (κ3) is 6.17. The van der Waals surface area contributed by atoms with Crippen LogP contribution in [-0.2, 0) is 0 Å². The molecule has 0 aliphatic carbocycles. The molecule has 1 aromatic heterocycles. The van der Waals surface area contributed by atoms with E-state index in [1.165, 1.54) is 0 Å². The van der Waals surface area contributed by atoms with Gasteiger partial charge in [0.2, 0.25) is 0 Å². The van der Waals surface area contributed by atoms with E-state index in [9.17, 15) is 9.59 Å². The fourth-order valence-corrected chi connectivity index (χ4v) is 4.19. The van der Waals surface area contributed by atoms with Crippen LogP contribution in [0.5, 0.6) is 0 Å². The van der Waals surface area contributed by atoms with Gasteiger partial charge in [-0.15, -0.1) is 0 Å². The van der Waals surface area contributed by atoms with Crippen molar-refractivity contribution in [3.63, 3.8) is 0 Å². The Kier molecular flexibility index (Phi) is 9.52. The molecule has 0 radical (unpaired) electrons. The van der Waals surface area contributed by atoms with E-state index in [2.05, 4.69) is 19.2 Å². The smallest absolute Gasteiger partial charge is 0.318 e. The highest BCUT2D eigenvalue weighted by Gasteiger charge is 2.26. The molecule has 0 bridgehead atoms. The number of urea groups is 1. The first-order valence-electron chi connectivity index (χ1n) is 12.3. The summed E-state index contributed by atoms with van der Waals surface area (Å²) in [5, 5.41) is 4.18. The van der Waals surface area contributed by atoms with Crippen molar-refractivity contribution < 1.29 is 4.79 Å². The zero-order chi connectivity index (χ0) is 24.5. The highest BCUT2D eigenvalue weighted by molar-refractivity contribution is 6.30. The summed E-state index contributed by atoms with van der Waals surface area (Å²) in [5.74, 6) is 0.534. The molecule has 7 heteroatoms. The highest BCUT2D eigenvalue weighted by atomic mass is 35.5. The van der Waals surface area contributed by atoms with E-state index in [1.54, 1.807) is 22.8 Å². The summed E-state index contributed by atoms with van der Waals surface area (Å²) in [6, 6.07) is 13.9. The molecule has 2 amide bonds. The molecule has 3 aromatic rings. The molecule has 0 aliphatic heterocycles. The van der Waals surface area contributed by atoms with E-state index in [-0.39, 0.29) is 11.6 Å². The van der Waals surface area contributed by atoms with Crippen molar-refractivity contribution in [2.75, 3.05) is 13.1 Å². The standard InChI is InChI=1S/C27H35ClN4O2/c1-4-6-8-11-19-31(27(34)29-18-7-5-2)20(3)25-30-24-13-10-9-12-23(24)26(33)32(25)22-16-14-21(28)15-17-22/h9-10,12-17,20H,4-8,11,18-19H2,1-3H3,(H,29,34). The molecule has 2 aromatic carbocycles. The molecule has 3 rings (SSSR count). The number of carbonyl (C=O) groups excluding carboxylic acids is 1. The van der Waals surface area contributed by atoms with Crippen LogP contribution in [0, 0.1) is 0 Å². The minimum absolute atomic E-state index is 0.123. The summed E-state index contributed by atoms with van der Waals surface area (Å²) in [5.41, 5.74) is 1.14. The summed E-state index contributed by atoms with van der Waals surface area (Å²) in [7, 11) is 0. The van der Waals surface area contributed by atoms with E-state index < -0.39 is 6.04 Å². The van der Waals surface area contributed by atoms with Crippen molar-refractivity contribution in [1.29, 1.82) is 0 Å². The molecule has 1 heterocycles. The Morgan fingerprint density at radius 1 is 1.03 bits per heavy atom. The third-order valence-corrected chi connectivity index (χ3v) is 6.30. The Labute approximate surface area is 206 Å². The van der Waals surface area contributed by atoms with Gasteiger partial charge in [-0.05, 0) is 56.2 Å². The molecule has 1 atom stereocenters. The summed E-state index contributed by atoms with van der Waals surface area (Å²) >= 11 is 6.11. The van der Waals surface area contributed by atoms with Crippen LogP contribution in [0.15, 0.2) is 53.3 Å². The van der Waals surface area contributed by atoms with Crippen LogP contribution in [0.1, 0.15) is 71.2 Å². The average Bonchev–Trinajstić information content (AvgIpc) is 2.84. The number of rotatable bonds is 11. The molecule has 0 saturated carbocycles. The minimum atomic E-state index is -0.406. The predicted molar refractivity (Wildman–Crippen MR) is 140 cm³/mol. The average molecular weight is 483 g/mol. The molecule has 0 spiro atoms. The Hall–Kier alpha value is -2.86. The number of unbranched alkanes of at least 4 members (excludes halogenated alkanes) is 4. The lowest BCUT2D eigenvalue weighted by Crippen LogP contribution is -2.44. The number of amides is 2. The van der Waals surface area contributed by atoms with Crippen LogP contribution in [0.25, 0.3) is 16.6 Å². The summed E-state index contributed by atoms with van der Waals surface area (Å²) in [6.07, 6.45) is 6.14. The summed E-state index contributed by atoms with van der Waals surface area (Å²) < 4.78 is 1.61. The monoisotopic (exact) mass is 482 g/mol. The molecule has 182 valence electrons. The zero-order valence-corrected chi connectivity index (χ0v) is 21.1. The maximum atomic E-state index is 13.6. The van der Waals surface area contributed by atoms with Gasteiger partial charge in [0.1, 0.15) is 5.82 Å². The Balaban J connectivity index is 2.07. The van der Waals surface area contributed by atoms with Crippen molar-refractivity contribution in [3.8, 4) is 5.69 Å². The Morgan fingerprint density at radius 3 is 2.44 bits per heavy atom. The van der Waals surface area contributed by atoms with Crippen LogP contribution < -0.4 is 10.9 Å². The van der Waals surface area contributed by atoms with Gasteiger partial charge in [0.25, 0.3) is 5.56 Å². The van der Waals surface area contributed by atoms with E-state index in [1.807, 2.05) is 42.2 Å². The number of nitrogens with zero attached hydrogens (tertiary/aromatic N) is 3. The van der Waals surface area contributed by atoms with Crippen molar-refractivity contribution in [2.24, 2.45) is 0 Å². The lowest BCUT2D eigenvalue weighted by Gasteiger charge is -2.31. The first kappa shape index (κ1) is 25.8. The van der Waals surface area contributed by atoms with Gasteiger partial charge in [-0.3, -0.25) is 9.36 Å². The topological polar surface area (TPSA) is 67.2 Å². The Morgan fingerprint density at radius 2 is 1.74 bits per heavy atom. The van der Waals surface area contributed by atoms with Gasteiger partial charge in [0.05, 0.1) is 22.6 Å². The molecule has 0 aliphatic rings. The number of para-hydroxylation sites is 1. The lowest BCUT2D eigenvalue weighted by atomic mass is 10.1. The second-order valence-corrected chi connectivity index (χ2v) is 9.06. The van der Waals surface area contributed by atoms with Crippen molar-refractivity contribution in [1.82, 2.24) is 19.8 Å². The molecule has 1 N–H and O–H groups in total. The lowest BCUT2D eigenvalue weighted by molar-refractivity contribution is 0.174. The first-order valence-corrected chi connectivity index (χ1v) is 12.7. The fraction of sp³-hybridized carbons (Fsp3) is 0.444. The third-order valence-electron chi connectivity index (χ3n) is 6.05. The highest BCUT2D eigenvalue weighted by Crippen LogP contribution is 2.24. The largest absolute Gasteiger partial charge is 0.338 e. The van der Waals surface area contributed by atoms with Crippen molar-refractivity contribution in [2.45, 2.75) is 65.3 Å². The molecule has 0 saturated heterocycles. The summed E-state index contributed by atoms with van der Waals surface area (Å²) in [6.45, 7) is 7.44. The number of carbonyl (C=O) groups is 1. The van der Waals surface area contributed by atoms with E-state index >= 15 is 0 Å². The number of aromatic nitrogens is 2. The van der Waals surface area contributed by atoms with Gasteiger partial charge in [-0.2, -0.15) is 0 Å². The zero-order valence-electron chi connectivity index (χ0n) is 20.4. The summed E-state index contributed by atoms with van der Waals surface area (Å²) in [4.78, 5) is 33.5. The van der Waals surface area contributed by atoms with E-state index in [0.717, 1.165) is 38.5 Å². The van der Waals surface area contributed by atoms with Gasteiger partial charge in [0, 0.05) is 18.1 Å². The number of nitrogens with one attached hydrogen (secondary N) is 1. The maximum Gasteiger partial charge on any atom is 0.318 e.